The number of thiophene rings is 1. The standard InChI is InChI=1S/C13H11F3O2S/c1-12(2,11(17)18)9-6-19-10-5-7(13(14,15)16)3-4-8(9)10/h3-6H,1-2H3,(H,17,18). The smallest absolute Gasteiger partial charge is 0.416 e. The quantitative estimate of drug-likeness (QED) is 0.895. The van der Waals surface area contributed by atoms with Crippen LogP contribution in [0.15, 0.2) is 23.6 Å². The minimum atomic E-state index is -4.39. The third-order valence-electron chi connectivity index (χ3n) is 3.11. The van der Waals surface area contributed by atoms with E-state index in [0.717, 1.165) is 23.5 Å². The molecule has 0 aliphatic rings. The van der Waals surface area contributed by atoms with Gasteiger partial charge in [-0.3, -0.25) is 4.79 Å². The number of rotatable bonds is 2. The fourth-order valence-corrected chi connectivity index (χ4v) is 2.97. The summed E-state index contributed by atoms with van der Waals surface area (Å²) in [6.07, 6.45) is -4.39. The van der Waals surface area contributed by atoms with Crippen LogP contribution in [0.25, 0.3) is 10.1 Å². The van der Waals surface area contributed by atoms with Gasteiger partial charge in [0, 0.05) is 4.70 Å². The van der Waals surface area contributed by atoms with E-state index < -0.39 is 23.1 Å². The second-order valence-corrected chi connectivity index (χ2v) is 5.70. The van der Waals surface area contributed by atoms with E-state index in [4.69, 9.17) is 0 Å². The average molecular weight is 288 g/mol. The maximum absolute atomic E-state index is 12.6. The van der Waals surface area contributed by atoms with Crippen molar-refractivity contribution in [3.63, 3.8) is 0 Å². The lowest BCUT2D eigenvalue weighted by atomic mass is 9.84. The van der Waals surface area contributed by atoms with Crippen LogP contribution in [0.4, 0.5) is 13.2 Å². The zero-order valence-electron chi connectivity index (χ0n) is 10.2. The van der Waals surface area contributed by atoms with Crippen molar-refractivity contribution >= 4 is 27.4 Å². The summed E-state index contributed by atoms with van der Waals surface area (Å²) in [7, 11) is 0. The molecular weight excluding hydrogens is 277 g/mol. The van der Waals surface area contributed by atoms with Gasteiger partial charge in [-0.25, -0.2) is 0 Å². The van der Waals surface area contributed by atoms with Gasteiger partial charge in [-0.15, -0.1) is 11.3 Å². The third-order valence-corrected chi connectivity index (χ3v) is 4.06. The summed E-state index contributed by atoms with van der Waals surface area (Å²) in [5.41, 5.74) is -1.31. The predicted octanol–water partition coefficient (Wildman–Crippen LogP) is 4.28. The van der Waals surface area contributed by atoms with Crippen LogP contribution < -0.4 is 0 Å². The highest BCUT2D eigenvalue weighted by molar-refractivity contribution is 7.17. The van der Waals surface area contributed by atoms with Gasteiger partial charge >= 0.3 is 12.1 Å². The van der Waals surface area contributed by atoms with E-state index in [9.17, 15) is 23.1 Å². The van der Waals surface area contributed by atoms with E-state index in [2.05, 4.69) is 0 Å². The largest absolute Gasteiger partial charge is 0.481 e. The molecule has 0 bridgehead atoms. The van der Waals surface area contributed by atoms with Gasteiger partial charge in [0.1, 0.15) is 0 Å². The van der Waals surface area contributed by atoms with E-state index in [1.54, 1.807) is 5.38 Å². The Labute approximate surface area is 111 Å². The zero-order chi connectivity index (χ0) is 14.4. The van der Waals surface area contributed by atoms with Crippen molar-refractivity contribution in [3.8, 4) is 0 Å². The molecule has 0 unspecified atom stereocenters. The van der Waals surface area contributed by atoms with E-state index >= 15 is 0 Å². The van der Waals surface area contributed by atoms with Crippen LogP contribution in [-0.4, -0.2) is 11.1 Å². The summed E-state index contributed by atoms with van der Waals surface area (Å²) >= 11 is 1.13. The predicted molar refractivity (Wildman–Crippen MR) is 67.5 cm³/mol. The molecule has 102 valence electrons. The Morgan fingerprint density at radius 2 is 1.89 bits per heavy atom. The van der Waals surface area contributed by atoms with E-state index in [-0.39, 0.29) is 0 Å². The minimum Gasteiger partial charge on any atom is -0.481 e. The highest BCUT2D eigenvalue weighted by atomic mass is 32.1. The Morgan fingerprint density at radius 3 is 2.42 bits per heavy atom. The number of alkyl halides is 3. The number of hydrogen-bond acceptors (Lipinski definition) is 2. The molecule has 2 aromatic rings. The van der Waals surface area contributed by atoms with Crippen LogP contribution in [0.2, 0.25) is 0 Å². The summed E-state index contributed by atoms with van der Waals surface area (Å²) in [5.74, 6) is -1.01. The number of carboxylic acid groups (broad SMARTS) is 1. The lowest BCUT2D eigenvalue weighted by molar-refractivity contribution is -0.142. The first kappa shape index (κ1) is 13.9. The fraction of sp³-hybridized carbons (Fsp3) is 0.308. The first-order chi connectivity index (χ1) is 8.64. The van der Waals surface area contributed by atoms with Crippen molar-refractivity contribution in [2.24, 2.45) is 0 Å². The molecule has 0 atom stereocenters. The zero-order valence-corrected chi connectivity index (χ0v) is 11.0. The van der Waals surface area contributed by atoms with E-state index in [0.29, 0.717) is 15.6 Å². The van der Waals surface area contributed by atoms with Crippen molar-refractivity contribution in [2.75, 3.05) is 0 Å². The van der Waals surface area contributed by atoms with Crippen molar-refractivity contribution in [1.82, 2.24) is 0 Å². The number of carboxylic acids is 1. The van der Waals surface area contributed by atoms with Gasteiger partial charge in [-0.2, -0.15) is 13.2 Å². The summed E-state index contributed by atoms with van der Waals surface area (Å²) in [5, 5.41) is 11.4. The Kier molecular flexibility index (Phi) is 3.09. The number of hydrogen-bond donors (Lipinski definition) is 1. The molecule has 2 nitrogen and oxygen atoms in total. The maximum atomic E-state index is 12.6. The van der Waals surface area contributed by atoms with Gasteiger partial charge in [0.15, 0.2) is 0 Å². The summed E-state index contributed by atoms with van der Waals surface area (Å²) in [6.45, 7) is 3.07. The minimum absolute atomic E-state index is 0.444. The molecule has 0 radical (unpaired) electrons. The highest BCUT2D eigenvalue weighted by Crippen LogP contribution is 2.38. The summed E-state index contributed by atoms with van der Waals surface area (Å²) < 4.78 is 38.2. The molecule has 0 amide bonds. The normalized spacial score (nSPS) is 12.9. The van der Waals surface area contributed by atoms with Crippen molar-refractivity contribution in [1.29, 1.82) is 0 Å². The summed E-state index contributed by atoms with van der Waals surface area (Å²) in [4.78, 5) is 11.2. The Balaban J connectivity index is 2.61. The Morgan fingerprint density at radius 1 is 1.26 bits per heavy atom. The molecule has 1 N–H and O–H groups in total. The van der Waals surface area contributed by atoms with E-state index in [1.807, 2.05) is 0 Å². The van der Waals surface area contributed by atoms with Crippen molar-refractivity contribution in [2.45, 2.75) is 25.4 Å². The molecule has 1 aromatic heterocycles. The molecule has 2 rings (SSSR count). The molecule has 0 spiro atoms. The van der Waals surface area contributed by atoms with Gasteiger partial charge < -0.3 is 5.11 Å². The van der Waals surface area contributed by atoms with Gasteiger partial charge in [-0.05, 0) is 42.3 Å². The first-order valence-corrected chi connectivity index (χ1v) is 6.34. The van der Waals surface area contributed by atoms with Crippen LogP contribution in [0.1, 0.15) is 25.0 Å². The van der Waals surface area contributed by atoms with Gasteiger partial charge in [0.05, 0.1) is 11.0 Å². The lowest BCUT2D eigenvalue weighted by Crippen LogP contribution is -2.28. The summed E-state index contributed by atoms with van der Waals surface area (Å²) in [6, 6.07) is 3.38. The van der Waals surface area contributed by atoms with Gasteiger partial charge in [0.25, 0.3) is 0 Å². The second kappa shape index (κ2) is 4.23. The van der Waals surface area contributed by atoms with Crippen LogP contribution in [0.3, 0.4) is 0 Å². The molecule has 0 saturated carbocycles. The van der Waals surface area contributed by atoms with Gasteiger partial charge in [-0.1, -0.05) is 6.07 Å². The van der Waals surface area contributed by atoms with Crippen LogP contribution in [0.5, 0.6) is 0 Å². The SMILES string of the molecule is CC(C)(C(=O)O)c1csc2cc(C(F)(F)F)ccc12. The molecule has 0 aliphatic carbocycles. The molecule has 1 aromatic carbocycles. The molecule has 0 fully saturated rings. The number of halogens is 3. The topological polar surface area (TPSA) is 37.3 Å². The number of fused-ring (bicyclic) bond motifs is 1. The van der Waals surface area contributed by atoms with Crippen LogP contribution in [-0.2, 0) is 16.4 Å². The Bertz CT molecular complexity index is 641. The molecule has 1 heterocycles. The van der Waals surface area contributed by atoms with Crippen LogP contribution >= 0.6 is 11.3 Å². The molecule has 0 aliphatic heterocycles. The number of aliphatic carboxylic acids is 1. The molecular formula is C13H11F3O2S. The molecule has 0 saturated heterocycles. The fourth-order valence-electron chi connectivity index (χ4n) is 1.80. The van der Waals surface area contributed by atoms with E-state index in [1.165, 1.54) is 19.9 Å². The number of carbonyl (C=O) groups is 1. The lowest BCUT2D eigenvalue weighted by Gasteiger charge is -2.18. The molecule has 19 heavy (non-hydrogen) atoms. The number of benzene rings is 1. The van der Waals surface area contributed by atoms with Gasteiger partial charge in [0.2, 0.25) is 0 Å². The van der Waals surface area contributed by atoms with Crippen molar-refractivity contribution < 1.29 is 23.1 Å². The third kappa shape index (κ3) is 2.32. The van der Waals surface area contributed by atoms with Crippen molar-refractivity contribution in [3.05, 3.63) is 34.7 Å². The second-order valence-electron chi connectivity index (χ2n) is 4.79. The first-order valence-electron chi connectivity index (χ1n) is 5.46. The highest BCUT2D eigenvalue weighted by Gasteiger charge is 2.34. The maximum Gasteiger partial charge on any atom is 0.416 e. The Hall–Kier alpha value is -1.56. The average Bonchev–Trinajstić information content (AvgIpc) is 2.70. The van der Waals surface area contributed by atoms with Crippen LogP contribution in [0, 0.1) is 0 Å². The monoisotopic (exact) mass is 288 g/mol. The molecule has 6 heteroatoms.